The van der Waals surface area contributed by atoms with Crippen molar-refractivity contribution in [3.05, 3.63) is 120 Å². The molecule has 67 heavy (non-hydrogen) atoms. The summed E-state index contributed by atoms with van der Waals surface area (Å²) >= 11 is 0. The number of rotatable bonds is 4. The second kappa shape index (κ2) is 17.9. The molecule has 20 atom stereocenters. The maximum absolute atomic E-state index is 4.50. The molecule has 4 aromatic rings. The molecule has 8 bridgehead atoms. The van der Waals surface area contributed by atoms with E-state index in [1.807, 2.05) is 12.4 Å². The monoisotopic (exact) mass is 906 g/mol. The molecule has 5 aliphatic heterocycles. The molecule has 9 heterocycles. The smallest absolute Gasteiger partial charge is 0.168 e. The zero-order valence-electron chi connectivity index (χ0n) is 40.1. The zero-order valence-corrected chi connectivity index (χ0v) is 40.1. The Bertz CT molecular complexity index is 2280. The molecule has 0 aromatic carbocycles. The third kappa shape index (κ3) is 7.80. The van der Waals surface area contributed by atoms with Crippen LogP contribution in [0.4, 0.5) is 0 Å². The summed E-state index contributed by atoms with van der Waals surface area (Å²) in [6.07, 6.45) is 34.2. The van der Waals surface area contributed by atoms with E-state index in [2.05, 4.69) is 168 Å². The molecule has 0 radical (unpaired) electrons. The molecule has 4 aromatic heterocycles. The van der Waals surface area contributed by atoms with E-state index < -0.39 is 0 Å². The van der Waals surface area contributed by atoms with Crippen molar-refractivity contribution in [2.24, 2.45) is 68.5 Å². The number of fused-ring (bicyclic) bond motifs is 20. The van der Waals surface area contributed by atoms with Crippen LogP contribution >= 0.6 is 0 Å². The second-order valence-corrected chi connectivity index (χ2v) is 22.9. The highest BCUT2D eigenvalue weighted by atomic mass is 15.4. The Hall–Kier alpha value is -3.72. The van der Waals surface area contributed by atoms with Gasteiger partial charge in [0.05, 0.1) is 49.3 Å². The Balaban J connectivity index is 0.916. The largest absolute Gasteiger partial charge is 0.286 e. The topological polar surface area (TPSA) is 121 Å². The normalized spacial score (nSPS) is 43.4. The summed E-state index contributed by atoms with van der Waals surface area (Å²) in [5, 5.41) is 35.6. The van der Waals surface area contributed by atoms with E-state index in [9.17, 15) is 0 Å². The highest BCUT2D eigenvalue weighted by Crippen LogP contribution is 2.53. The molecule has 0 spiro atoms. The van der Waals surface area contributed by atoms with E-state index in [0.29, 0.717) is 71.0 Å². The molecule has 8 N–H and O–H groups in total. The minimum Gasteiger partial charge on any atom is -0.286 e. The molecule has 13 rings (SSSR count). The van der Waals surface area contributed by atoms with Gasteiger partial charge in [0.1, 0.15) is 21.1 Å². The van der Waals surface area contributed by atoms with Crippen LogP contribution < -0.4 is 56.2 Å². The van der Waals surface area contributed by atoms with Crippen molar-refractivity contribution in [2.45, 2.75) is 150 Å². The lowest BCUT2D eigenvalue weighted by molar-refractivity contribution is -0.671. The van der Waals surface area contributed by atoms with Crippen molar-refractivity contribution in [3.63, 3.8) is 0 Å². The van der Waals surface area contributed by atoms with E-state index in [1.165, 1.54) is 99.3 Å². The maximum atomic E-state index is 4.50. The van der Waals surface area contributed by atoms with Gasteiger partial charge in [-0.25, -0.2) is 13.7 Å². The lowest BCUT2D eigenvalue weighted by atomic mass is 9.67. The molecule has 9 aliphatic rings. The fourth-order valence-electron chi connectivity index (χ4n) is 16.8. The molecular formula is C55H77N12+3. The minimum absolute atomic E-state index is 0.175. The number of pyridine rings is 4. The summed E-state index contributed by atoms with van der Waals surface area (Å²) in [7, 11) is 6.45. The Kier molecular flexibility index (Phi) is 11.6. The quantitative estimate of drug-likeness (QED) is 0.144. The second-order valence-electron chi connectivity index (χ2n) is 22.9. The molecule has 354 valence electrons. The van der Waals surface area contributed by atoms with Crippen LogP contribution in [0.3, 0.4) is 0 Å². The highest BCUT2D eigenvalue weighted by molar-refractivity contribution is 5.26. The van der Waals surface area contributed by atoms with Crippen molar-refractivity contribution in [2.75, 3.05) is 0 Å². The molecule has 9 fully saturated rings. The minimum atomic E-state index is 0.175. The lowest BCUT2D eigenvalue weighted by Crippen LogP contribution is -2.62. The molecule has 12 heteroatoms. The summed E-state index contributed by atoms with van der Waals surface area (Å²) < 4.78 is 6.59. The third-order valence-corrected chi connectivity index (χ3v) is 19.6. The first-order valence-corrected chi connectivity index (χ1v) is 26.8. The fraction of sp³-hybridized carbons (Fsp3) is 0.636. The Morgan fingerprint density at radius 1 is 0.328 bits per heavy atom. The van der Waals surface area contributed by atoms with Gasteiger partial charge in [-0.2, -0.15) is 0 Å². The first-order valence-electron chi connectivity index (χ1n) is 26.8. The van der Waals surface area contributed by atoms with E-state index >= 15 is 0 Å². The number of aromatic nitrogens is 4. The first-order chi connectivity index (χ1) is 32.9. The molecule has 4 saturated carbocycles. The summed E-state index contributed by atoms with van der Waals surface area (Å²) in [6.45, 7) is 0. The van der Waals surface area contributed by atoms with Crippen LogP contribution in [0.15, 0.2) is 98.1 Å². The predicted octanol–water partition coefficient (Wildman–Crippen LogP) is 4.05. The average molecular weight is 906 g/mol. The average Bonchev–Trinajstić information content (AvgIpc) is 4.11. The zero-order chi connectivity index (χ0) is 44.8. The molecule has 4 aliphatic carbocycles. The molecular weight excluding hydrogens is 829 g/mol. The van der Waals surface area contributed by atoms with E-state index in [-0.39, 0.29) is 49.3 Å². The van der Waals surface area contributed by atoms with Gasteiger partial charge in [-0.3, -0.25) is 47.5 Å². The first kappa shape index (κ1) is 43.3. The molecule has 5 saturated heterocycles. The molecule has 0 amide bonds. The number of nitrogens with one attached hydrogen (secondary N) is 8. The summed E-state index contributed by atoms with van der Waals surface area (Å²) in [6, 6.07) is 19.1. The van der Waals surface area contributed by atoms with Crippen LogP contribution in [0.5, 0.6) is 0 Å². The van der Waals surface area contributed by atoms with Gasteiger partial charge in [0.15, 0.2) is 37.2 Å². The van der Waals surface area contributed by atoms with Gasteiger partial charge in [0.25, 0.3) is 0 Å². The third-order valence-electron chi connectivity index (χ3n) is 19.6. The van der Waals surface area contributed by atoms with Gasteiger partial charge in [-0.1, -0.05) is 25.7 Å². The molecule has 20 unspecified atom stereocenters. The number of hydrogen-bond acceptors (Lipinski definition) is 9. The van der Waals surface area contributed by atoms with Gasteiger partial charge in [-0.15, -0.1) is 0 Å². The Morgan fingerprint density at radius 3 is 0.821 bits per heavy atom. The van der Waals surface area contributed by atoms with Gasteiger partial charge < -0.3 is 0 Å². The standard InChI is InChI=1S/C55H77N12/c1-65-26-18-33(19-27-65)37-9-5-13-41-45(37)54-60-49(41)58-52-44-36(32-16-24-56-25-17-32)8-4-12-40(44)48(57-52)59-53-46-38(34-20-28-66(2)29-21-34)10-6-14-42(46)50(61-53)63-55-47-39(35-22-30-67(3)31-23-35)11-7-15-43(47)51(62-54)64-55/h16-31,36-55,57-64H,4-15H2,1-3H3/q+3. The lowest BCUT2D eigenvalue weighted by Gasteiger charge is -2.41. The number of hydrogen-bond donors (Lipinski definition) is 8. The van der Waals surface area contributed by atoms with Crippen LogP contribution in [0.1, 0.15) is 123 Å². The van der Waals surface area contributed by atoms with Crippen LogP contribution in [0.2, 0.25) is 0 Å². The highest BCUT2D eigenvalue weighted by Gasteiger charge is 2.58. The van der Waals surface area contributed by atoms with Crippen LogP contribution in [-0.4, -0.2) is 54.3 Å². The van der Waals surface area contributed by atoms with Gasteiger partial charge in [0, 0.05) is 48.8 Å². The van der Waals surface area contributed by atoms with Crippen molar-refractivity contribution >= 4 is 0 Å². The van der Waals surface area contributed by atoms with Crippen molar-refractivity contribution in [1.82, 2.24) is 47.5 Å². The predicted molar refractivity (Wildman–Crippen MR) is 257 cm³/mol. The fourth-order valence-corrected chi connectivity index (χ4v) is 16.8. The Morgan fingerprint density at radius 2 is 0.567 bits per heavy atom. The van der Waals surface area contributed by atoms with Gasteiger partial charge in [0.2, 0.25) is 0 Å². The van der Waals surface area contributed by atoms with Gasteiger partial charge >= 0.3 is 0 Å². The van der Waals surface area contributed by atoms with Crippen molar-refractivity contribution in [3.8, 4) is 0 Å². The van der Waals surface area contributed by atoms with Gasteiger partial charge in [-0.05, 0) is 157 Å². The van der Waals surface area contributed by atoms with Crippen molar-refractivity contribution in [1.29, 1.82) is 0 Å². The molecule has 12 nitrogen and oxygen atoms in total. The van der Waals surface area contributed by atoms with Crippen LogP contribution in [0, 0.1) is 47.3 Å². The van der Waals surface area contributed by atoms with Crippen LogP contribution in [-0.2, 0) is 21.1 Å². The van der Waals surface area contributed by atoms with E-state index in [1.54, 1.807) is 0 Å². The van der Waals surface area contributed by atoms with E-state index in [4.69, 9.17) is 0 Å². The SMILES string of the molecule is C[n+]1ccc(C2CCCC3C4NC(NC5NC(NC6NC(NC7NC(N4)C4C(c8cc[n+](C)cc8)CCCC74)C4C(c7cc[n+](C)cc7)CCCC64)C4C(c6ccncc6)CCCC54)C23)cc1. The Labute approximate surface area is 398 Å². The summed E-state index contributed by atoms with van der Waals surface area (Å²) in [5.74, 6) is 5.91. The van der Waals surface area contributed by atoms with Crippen LogP contribution in [0.25, 0.3) is 0 Å². The maximum Gasteiger partial charge on any atom is 0.168 e. The number of nitrogens with zero attached hydrogens (tertiary/aromatic N) is 4. The van der Waals surface area contributed by atoms with E-state index in [0.717, 1.165) is 0 Å². The summed E-state index contributed by atoms with van der Waals surface area (Å²) in [4.78, 5) is 4.50. The summed E-state index contributed by atoms with van der Waals surface area (Å²) in [5.41, 5.74) is 5.96. The van der Waals surface area contributed by atoms with Crippen molar-refractivity contribution < 1.29 is 13.7 Å². The number of aryl methyl sites for hydroxylation is 3.